The number of carbonyl (C=O) groups excluding carboxylic acids is 1. The van der Waals surface area contributed by atoms with E-state index in [1.807, 2.05) is 17.5 Å². The van der Waals surface area contributed by atoms with Crippen molar-refractivity contribution in [2.24, 2.45) is 0 Å². The minimum atomic E-state index is -0.271. The molecule has 0 radical (unpaired) electrons. The fraction of sp³-hybridized carbons (Fsp3) is 0.214. The van der Waals surface area contributed by atoms with Crippen LogP contribution in [0.1, 0.15) is 21.1 Å². The molecule has 3 heterocycles. The molecule has 0 bridgehead atoms. The third kappa shape index (κ3) is 2.87. The Balaban J connectivity index is 1.72. The fourth-order valence-electron chi connectivity index (χ4n) is 2.08. The van der Waals surface area contributed by atoms with E-state index in [-0.39, 0.29) is 17.2 Å². The largest absolute Gasteiger partial charge is 0.350 e. The molecule has 2 N–H and O–H groups in total. The van der Waals surface area contributed by atoms with Gasteiger partial charge in [0.2, 0.25) is 0 Å². The van der Waals surface area contributed by atoms with E-state index in [0.29, 0.717) is 17.8 Å². The zero-order valence-electron chi connectivity index (χ0n) is 11.4. The molecule has 3 aromatic rings. The van der Waals surface area contributed by atoms with Crippen molar-refractivity contribution in [2.75, 3.05) is 6.54 Å². The zero-order valence-corrected chi connectivity index (χ0v) is 12.2. The quantitative estimate of drug-likeness (QED) is 0.764. The number of rotatable bonds is 4. The molecule has 21 heavy (non-hydrogen) atoms. The van der Waals surface area contributed by atoms with Gasteiger partial charge in [0.25, 0.3) is 11.5 Å². The van der Waals surface area contributed by atoms with Crippen LogP contribution in [0, 0.1) is 6.92 Å². The number of aromatic nitrogens is 3. The number of thiophene rings is 1. The number of fused-ring (bicyclic) bond motifs is 1. The van der Waals surface area contributed by atoms with Crippen LogP contribution in [0.5, 0.6) is 0 Å². The maximum Gasteiger partial charge on any atom is 0.274 e. The summed E-state index contributed by atoms with van der Waals surface area (Å²) < 4.78 is 1.43. The van der Waals surface area contributed by atoms with Gasteiger partial charge in [-0.15, -0.1) is 11.3 Å². The molecule has 0 saturated carbocycles. The Morgan fingerprint density at radius 1 is 1.52 bits per heavy atom. The molecule has 0 unspecified atom stereocenters. The maximum atomic E-state index is 12.0. The first-order chi connectivity index (χ1) is 10.1. The molecule has 0 aliphatic rings. The summed E-state index contributed by atoms with van der Waals surface area (Å²) >= 11 is 1.66. The predicted molar refractivity (Wildman–Crippen MR) is 80.9 cm³/mol. The summed E-state index contributed by atoms with van der Waals surface area (Å²) in [6.07, 6.45) is 2.47. The van der Waals surface area contributed by atoms with E-state index >= 15 is 0 Å². The molecule has 0 aliphatic carbocycles. The van der Waals surface area contributed by atoms with Crippen LogP contribution in [0.25, 0.3) is 5.52 Å². The van der Waals surface area contributed by atoms with Gasteiger partial charge < -0.3 is 10.3 Å². The van der Waals surface area contributed by atoms with Crippen LogP contribution < -0.4 is 10.9 Å². The normalized spacial score (nSPS) is 10.9. The first-order valence-electron chi connectivity index (χ1n) is 6.53. The monoisotopic (exact) mass is 302 g/mol. The van der Waals surface area contributed by atoms with Crippen LogP contribution in [0.15, 0.2) is 34.6 Å². The highest BCUT2D eigenvalue weighted by atomic mass is 32.1. The van der Waals surface area contributed by atoms with E-state index in [9.17, 15) is 9.59 Å². The van der Waals surface area contributed by atoms with Crippen LogP contribution in [-0.4, -0.2) is 27.0 Å². The summed E-state index contributed by atoms with van der Waals surface area (Å²) in [5.41, 5.74) is 1.06. The lowest BCUT2D eigenvalue weighted by Gasteiger charge is -2.01. The van der Waals surface area contributed by atoms with Crippen LogP contribution >= 0.6 is 11.3 Å². The number of H-pyrrole nitrogens is 1. The molecule has 1 amide bonds. The van der Waals surface area contributed by atoms with E-state index in [1.54, 1.807) is 24.5 Å². The molecule has 0 fully saturated rings. The molecule has 0 saturated heterocycles. The average molecular weight is 302 g/mol. The highest BCUT2D eigenvalue weighted by Crippen LogP contribution is 2.08. The molecule has 6 nitrogen and oxygen atoms in total. The van der Waals surface area contributed by atoms with Gasteiger partial charge in [0, 0.05) is 29.4 Å². The third-order valence-corrected chi connectivity index (χ3v) is 4.00. The molecule has 108 valence electrons. The van der Waals surface area contributed by atoms with Crippen molar-refractivity contribution in [3.05, 3.63) is 56.4 Å². The third-order valence-electron chi connectivity index (χ3n) is 3.06. The molecule has 0 aliphatic heterocycles. The molecule has 3 rings (SSSR count). The van der Waals surface area contributed by atoms with Gasteiger partial charge in [0.15, 0.2) is 5.69 Å². The van der Waals surface area contributed by atoms with Gasteiger partial charge in [0.1, 0.15) is 5.52 Å². The van der Waals surface area contributed by atoms with Crippen LogP contribution in [-0.2, 0) is 6.42 Å². The van der Waals surface area contributed by atoms with E-state index in [0.717, 1.165) is 6.42 Å². The van der Waals surface area contributed by atoms with Gasteiger partial charge in [-0.1, -0.05) is 6.07 Å². The van der Waals surface area contributed by atoms with E-state index in [1.165, 1.54) is 15.5 Å². The topological polar surface area (TPSA) is 79.3 Å². The van der Waals surface area contributed by atoms with Crippen LogP contribution in [0.4, 0.5) is 0 Å². The Labute approximate surface area is 124 Å². The molecular weight excluding hydrogens is 288 g/mol. The summed E-state index contributed by atoms with van der Waals surface area (Å²) in [6.45, 7) is 2.31. The second-order valence-electron chi connectivity index (χ2n) is 4.71. The highest BCUT2D eigenvalue weighted by molar-refractivity contribution is 7.09. The molecule has 0 aromatic carbocycles. The minimum Gasteiger partial charge on any atom is -0.350 e. The first kappa shape index (κ1) is 13.6. The van der Waals surface area contributed by atoms with E-state index in [4.69, 9.17) is 0 Å². The van der Waals surface area contributed by atoms with Crippen molar-refractivity contribution in [3.8, 4) is 0 Å². The smallest absolute Gasteiger partial charge is 0.274 e. The van der Waals surface area contributed by atoms with Crippen molar-refractivity contribution >= 4 is 22.8 Å². The van der Waals surface area contributed by atoms with Gasteiger partial charge in [-0.25, -0.2) is 4.52 Å². The fourth-order valence-corrected chi connectivity index (χ4v) is 2.79. The van der Waals surface area contributed by atoms with Gasteiger partial charge in [0.05, 0.1) is 0 Å². The van der Waals surface area contributed by atoms with Crippen LogP contribution in [0.2, 0.25) is 0 Å². The Bertz CT molecular complexity index is 832. The van der Waals surface area contributed by atoms with Gasteiger partial charge in [-0.2, -0.15) is 5.10 Å². The molecule has 0 atom stereocenters. The number of nitrogens with zero attached hydrogens (tertiary/aromatic N) is 2. The number of nitrogens with one attached hydrogen (secondary N) is 2. The Morgan fingerprint density at radius 2 is 2.38 bits per heavy atom. The molecule has 0 spiro atoms. The Hall–Kier alpha value is -2.41. The number of amides is 1. The van der Waals surface area contributed by atoms with Crippen molar-refractivity contribution in [2.45, 2.75) is 13.3 Å². The second kappa shape index (κ2) is 5.53. The number of carbonyl (C=O) groups is 1. The summed E-state index contributed by atoms with van der Waals surface area (Å²) in [5.74, 6) is -0.271. The minimum absolute atomic E-state index is 0.247. The summed E-state index contributed by atoms with van der Waals surface area (Å²) in [7, 11) is 0. The lowest BCUT2D eigenvalue weighted by molar-refractivity contribution is 0.0949. The molecule has 3 aromatic heterocycles. The number of hydrogen-bond acceptors (Lipinski definition) is 4. The standard InChI is InChI=1S/C14H14N4O2S/c1-9-8-18-12(14(20)16-9)7-11(17-18)13(19)15-5-4-10-3-2-6-21-10/h2-3,6-8H,4-5H2,1H3,(H,15,19)(H,16,20). The number of aromatic amines is 1. The maximum absolute atomic E-state index is 12.0. The van der Waals surface area contributed by atoms with Crippen molar-refractivity contribution < 1.29 is 4.79 Å². The van der Waals surface area contributed by atoms with E-state index < -0.39 is 0 Å². The average Bonchev–Trinajstić information content (AvgIpc) is 3.07. The van der Waals surface area contributed by atoms with Crippen LogP contribution in [0.3, 0.4) is 0 Å². The van der Waals surface area contributed by atoms with E-state index in [2.05, 4.69) is 15.4 Å². The highest BCUT2D eigenvalue weighted by Gasteiger charge is 2.12. The van der Waals surface area contributed by atoms with Gasteiger partial charge in [-0.3, -0.25) is 9.59 Å². The predicted octanol–water partition coefficient (Wildman–Crippen LogP) is 1.37. The van der Waals surface area contributed by atoms with Gasteiger partial charge >= 0.3 is 0 Å². The van der Waals surface area contributed by atoms with Crippen molar-refractivity contribution in [1.82, 2.24) is 19.9 Å². The summed E-state index contributed by atoms with van der Waals surface area (Å²) in [5, 5.41) is 8.96. The summed E-state index contributed by atoms with van der Waals surface area (Å²) in [4.78, 5) is 27.7. The van der Waals surface area contributed by atoms with Crippen molar-refractivity contribution in [3.63, 3.8) is 0 Å². The Morgan fingerprint density at radius 3 is 3.14 bits per heavy atom. The zero-order chi connectivity index (χ0) is 14.8. The second-order valence-corrected chi connectivity index (χ2v) is 5.74. The van der Waals surface area contributed by atoms with Gasteiger partial charge in [-0.05, 0) is 24.8 Å². The first-order valence-corrected chi connectivity index (χ1v) is 7.41. The lowest BCUT2D eigenvalue weighted by atomic mass is 10.3. The number of hydrogen-bond donors (Lipinski definition) is 2. The SMILES string of the molecule is Cc1cn2nc(C(=O)NCCc3cccs3)cc2c(=O)[nH]1. The summed E-state index contributed by atoms with van der Waals surface area (Å²) in [6, 6.07) is 5.52. The van der Waals surface area contributed by atoms with Crippen molar-refractivity contribution in [1.29, 1.82) is 0 Å². The molecule has 7 heteroatoms. The molecular formula is C14H14N4O2S. The number of aryl methyl sites for hydroxylation is 1. The Kier molecular flexibility index (Phi) is 3.57. The lowest BCUT2D eigenvalue weighted by Crippen LogP contribution is -2.25.